The van der Waals surface area contributed by atoms with Gasteiger partial charge in [0.1, 0.15) is 0 Å². The number of nitrogens with zero attached hydrogens (tertiary/aromatic N) is 1. The Labute approximate surface area is 99.5 Å². The van der Waals surface area contributed by atoms with E-state index >= 15 is 0 Å². The molecule has 2 saturated heterocycles. The Morgan fingerprint density at radius 3 is 2.81 bits per heavy atom. The van der Waals surface area contributed by atoms with Gasteiger partial charge in [-0.3, -0.25) is 4.90 Å². The molecule has 0 bridgehead atoms. The molecule has 2 fully saturated rings. The molecule has 16 heavy (non-hydrogen) atoms. The van der Waals surface area contributed by atoms with E-state index in [1.54, 1.807) is 0 Å². The summed E-state index contributed by atoms with van der Waals surface area (Å²) in [6.07, 6.45) is 4.99. The van der Waals surface area contributed by atoms with E-state index in [2.05, 4.69) is 24.1 Å². The van der Waals surface area contributed by atoms with Crippen LogP contribution in [-0.4, -0.2) is 49.3 Å². The summed E-state index contributed by atoms with van der Waals surface area (Å²) in [5.41, 5.74) is 0.395. The molecule has 2 aliphatic heterocycles. The molecule has 1 atom stereocenters. The summed E-state index contributed by atoms with van der Waals surface area (Å²) in [5.74, 6) is 0. The maximum Gasteiger partial charge on any atom is 0.0483 e. The van der Waals surface area contributed by atoms with Crippen molar-refractivity contribution in [3.05, 3.63) is 0 Å². The van der Waals surface area contributed by atoms with Crippen LogP contribution in [0.2, 0.25) is 0 Å². The van der Waals surface area contributed by atoms with Crippen LogP contribution in [0.25, 0.3) is 0 Å². The maximum absolute atomic E-state index is 5.49. The summed E-state index contributed by atoms with van der Waals surface area (Å²) in [7, 11) is 0. The first-order valence-corrected chi connectivity index (χ1v) is 6.81. The molecule has 0 amide bonds. The van der Waals surface area contributed by atoms with E-state index in [1.165, 1.54) is 38.8 Å². The minimum atomic E-state index is 0.395. The minimum absolute atomic E-state index is 0.395. The number of ether oxygens (including phenoxy) is 1. The zero-order valence-corrected chi connectivity index (χ0v) is 10.8. The highest BCUT2D eigenvalue weighted by molar-refractivity contribution is 4.92. The predicted molar refractivity (Wildman–Crippen MR) is 66.7 cm³/mol. The number of nitrogens with one attached hydrogen (secondary N) is 1. The van der Waals surface area contributed by atoms with Gasteiger partial charge in [0, 0.05) is 44.4 Å². The highest BCUT2D eigenvalue weighted by Gasteiger charge is 2.36. The fraction of sp³-hybridized carbons (Fsp3) is 1.00. The lowest BCUT2D eigenvalue weighted by Crippen LogP contribution is -2.60. The normalized spacial score (nSPS) is 31.5. The second-order valence-corrected chi connectivity index (χ2v) is 5.50. The fourth-order valence-electron chi connectivity index (χ4n) is 2.98. The zero-order valence-electron chi connectivity index (χ0n) is 10.8. The van der Waals surface area contributed by atoms with E-state index < -0.39 is 0 Å². The molecular weight excluding hydrogens is 200 g/mol. The summed E-state index contributed by atoms with van der Waals surface area (Å²) in [6.45, 7) is 10.2. The van der Waals surface area contributed by atoms with Crippen LogP contribution < -0.4 is 5.32 Å². The summed E-state index contributed by atoms with van der Waals surface area (Å²) in [6, 6.07) is 0.707. The average molecular weight is 226 g/mol. The van der Waals surface area contributed by atoms with Gasteiger partial charge in [0.25, 0.3) is 0 Å². The van der Waals surface area contributed by atoms with Crippen LogP contribution in [-0.2, 0) is 4.74 Å². The smallest absolute Gasteiger partial charge is 0.0483 e. The van der Waals surface area contributed by atoms with Gasteiger partial charge >= 0.3 is 0 Å². The van der Waals surface area contributed by atoms with Crippen molar-refractivity contribution < 1.29 is 4.74 Å². The molecule has 0 aliphatic carbocycles. The van der Waals surface area contributed by atoms with E-state index in [9.17, 15) is 0 Å². The Hall–Kier alpha value is -0.120. The molecule has 2 aliphatic rings. The third-order valence-corrected chi connectivity index (χ3v) is 4.23. The fourth-order valence-corrected chi connectivity index (χ4v) is 2.98. The predicted octanol–water partition coefficient (Wildman–Crippen LogP) is 1.63. The van der Waals surface area contributed by atoms with Gasteiger partial charge in [0.15, 0.2) is 0 Å². The standard InChI is InChI=1S/C13H26N2O/c1-3-4-12-11-15(8-7-14-12)13(2)5-9-16-10-6-13/h12,14H,3-11H2,1-2H3. The van der Waals surface area contributed by atoms with Crippen LogP contribution in [0.4, 0.5) is 0 Å². The van der Waals surface area contributed by atoms with E-state index in [-0.39, 0.29) is 0 Å². The largest absolute Gasteiger partial charge is 0.381 e. The van der Waals surface area contributed by atoms with Gasteiger partial charge in [-0.05, 0) is 26.2 Å². The molecule has 0 aromatic rings. The number of hydrogen-bond donors (Lipinski definition) is 1. The van der Waals surface area contributed by atoms with Crippen LogP contribution in [0.15, 0.2) is 0 Å². The van der Waals surface area contributed by atoms with Crippen molar-refractivity contribution in [3.63, 3.8) is 0 Å². The molecule has 3 heteroatoms. The molecule has 0 spiro atoms. The van der Waals surface area contributed by atoms with Gasteiger partial charge < -0.3 is 10.1 Å². The molecule has 3 nitrogen and oxygen atoms in total. The summed E-state index contributed by atoms with van der Waals surface area (Å²) >= 11 is 0. The molecule has 2 heterocycles. The summed E-state index contributed by atoms with van der Waals surface area (Å²) < 4.78 is 5.49. The van der Waals surface area contributed by atoms with Gasteiger partial charge in [-0.25, -0.2) is 0 Å². The first-order chi connectivity index (χ1) is 7.74. The first-order valence-electron chi connectivity index (χ1n) is 6.81. The van der Waals surface area contributed by atoms with Crippen molar-refractivity contribution in [2.75, 3.05) is 32.8 Å². The Morgan fingerprint density at radius 2 is 2.12 bits per heavy atom. The molecule has 1 N–H and O–H groups in total. The molecule has 94 valence electrons. The lowest BCUT2D eigenvalue weighted by molar-refractivity contribution is -0.0304. The van der Waals surface area contributed by atoms with E-state index in [1.807, 2.05) is 0 Å². The monoisotopic (exact) mass is 226 g/mol. The van der Waals surface area contributed by atoms with E-state index in [0.717, 1.165) is 19.8 Å². The van der Waals surface area contributed by atoms with Crippen molar-refractivity contribution in [2.24, 2.45) is 0 Å². The van der Waals surface area contributed by atoms with E-state index in [0.29, 0.717) is 11.6 Å². The molecule has 1 unspecified atom stereocenters. The minimum Gasteiger partial charge on any atom is -0.381 e. The molecule has 2 rings (SSSR count). The second kappa shape index (κ2) is 5.48. The summed E-state index contributed by atoms with van der Waals surface area (Å²) in [4.78, 5) is 2.70. The van der Waals surface area contributed by atoms with Crippen molar-refractivity contribution in [3.8, 4) is 0 Å². The highest BCUT2D eigenvalue weighted by atomic mass is 16.5. The van der Waals surface area contributed by atoms with Crippen molar-refractivity contribution in [1.29, 1.82) is 0 Å². The van der Waals surface area contributed by atoms with Crippen LogP contribution in [0, 0.1) is 0 Å². The van der Waals surface area contributed by atoms with Gasteiger partial charge in [0.05, 0.1) is 0 Å². The molecular formula is C13H26N2O. The van der Waals surface area contributed by atoms with Crippen molar-refractivity contribution in [1.82, 2.24) is 10.2 Å². The molecule has 0 saturated carbocycles. The third kappa shape index (κ3) is 2.76. The maximum atomic E-state index is 5.49. The zero-order chi connectivity index (χ0) is 11.4. The molecule has 0 aromatic carbocycles. The van der Waals surface area contributed by atoms with Crippen LogP contribution in [0.3, 0.4) is 0 Å². The van der Waals surface area contributed by atoms with Gasteiger partial charge in [-0.15, -0.1) is 0 Å². The summed E-state index contributed by atoms with van der Waals surface area (Å²) in [5, 5.41) is 3.63. The molecule has 0 aromatic heterocycles. The van der Waals surface area contributed by atoms with Gasteiger partial charge in [-0.1, -0.05) is 13.3 Å². The number of piperazine rings is 1. The van der Waals surface area contributed by atoms with Crippen LogP contribution in [0.1, 0.15) is 39.5 Å². The topological polar surface area (TPSA) is 24.5 Å². The number of rotatable bonds is 3. The molecule has 0 radical (unpaired) electrons. The van der Waals surface area contributed by atoms with Crippen LogP contribution >= 0.6 is 0 Å². The lowest BCUT2D eigenvalue weighted by Gasteiger charge is -2.47. The van der Waals surface area contributed by atoms with Crippen molar-refractivity contribution in [2.45, 2.75) is 51.1 Å². The second-order valence-electron chi connectivity index (χ2n) is 5.50. The van der Waals surface area contributed by atoms with Crippen molar-refractivity contribution >= 4 is 0 Å². The number of hydrogen-bond acceptors (Lipinski definition) is 3. The lowest BCUT2D eigenvalue weighted by atomic mass is 9.89. The third-order valence-electron chi connectivity index (χ3n) is 4.23. The van der Waals surface area contributed by atoms with E-state index in [4.69, 9.17) is 4.74 Å². The Morgan fingerprint density at radius 1 is 1.38 bits per heavy atom. The van der Waals surface area contributed by atoms with Crippen LogP contribution in [0.5, 0.6) is 0 Å². The van der Waals surface area contributed by atoms with Gasteiger partial charge in [-0.2, -0.15) is 0 Å². The average Bonchev–Trinajstić information content (AvgIpc) is 2.31. The SMILES string of the molecule is CCCC1CN(C2(C)CCOCC2)CCN1. The van der Waals surface area contributed by atoms with Gasteiger partial charge in [0.2, 0.25) is 0 Å². The highest BCUT2D eigenvalue weighted by Crippen LogP contribution is 2.28. The first kappa shape index (κ1) is 12.3. The Bertz CT molecular complexity index is 212. The Balaban J connectivity index is 1.92. The Kier molecular flexibility index (Phi) is 4.22. The quantitative estimate of drug-likeness (QED) is 0.791.